The fourth-order valence-electron chi connectivity index (χ4n) is 2.98. The Bertz CT molecular complexity index is 892. The molecule has 0 aliphatic carbocycles. The van der Waals surface area contributed by atoms with Crippen LogP contribution in [-0.2, 0) is 14.3 Å². The van der Waals surface area contributed by atoms with Crippen molar-refractivity contribution in [2.45, 2.75) is 19.4 Å². The first-order valence-electron chi connectivity index (χ1n) is 9.18. The molecule has 1 aliphatic rings. The Morgan fingerprint density at radius 1 is 1.10 bits per heavy atom. The monoisotopic (exact) mass is 397 g/mol. The van der Waals surface area contributed by atoms with Crippen molar-refractivity contribution in [3.63, 3.8) is 0 Å². The molecule has 0 saturated carbocycles. The van der Waals surface area contributed by atoms with Crippen molar-refractivity contribution >= 4 is 29.0 Å². The molecule has 0 aromatic heterocycles. The molecule has 8 nitrogen and oxygen atoms in total. The number of para-hydroxylation sites is 1. The second-order valence-corrected chi connectivity index (χ2v) is 6.26. The van der Waals surface area contributed by atoms with E-state index in [1.54, 1.807) is 30.1 Å². The minimum atomic E-state index is -0.700. The number of hydrazone groups is 1. The van der Waals surface area contributed by atoms with Gasteiger partial charge in [0.25, 0.3) is 0 Å². The van der Waals surface area contributed by atoms with Crippen LogP contribution in [0.1, 0.15) is 13.3 Å². The summed E-state index contributed by atoms with van der Waals surface area (Å²) in [6, 6.07) is 13.6. The quantitative estimate of drug-likeness (QED) is 0.723. The van der Waals surface area contributed by atoms with Crippen molar-refractivity contribution in [3.05, 3.63) is 48.5 Å². The van der Waals surface area contributed by atoms with Crippen molar-refractivity contribution in [2.75, 3.05) is 31.2 Å². The zero-order valence-corrected chi connectivity index (χ0v) is 16.5. The molecule has 0 radical (unpaired) electrons. The van der Waals surface area contributed by atoms with Crippen LogP contribution in [0.5, 0.6) is 11.5 Å². The van der Waals surface area contributed by atoms with Gasteiger partial charge in [0.1, 0.15) is 23.3 Å². The molecule has 1 aliphatic heterocycles. The molecule has 2 aromatic carbocycles. The summed E-state index contributed by atoms with van der Waals surface area (Å²) >= 11 is 0. The summed E-state index contributed by atoms with van der Waals surface area (Å²) in [6.07, 6.45) is 0.140. The first kappa shape index (κ1) is 20.2. The molecule has 3 rings (SSSR count). The van der Waals surface area contributed by atoms with Gasteiger partial charge in [-0.1, -0.05) is 18.2 Å². The third-order valence-electron chi connectivity index (χ3n) is 4.36. The Hall–Kier alpha value is -3.55. The lowest BCUT2D eigenvalue weighted by atomic mass is 10.1. The molecule has 29 heavy (non-hydrogen) atoms. The number of hydrogen-bond acceptors (Lipinski definition) is 7. The van der Waals surface area contributed by atoms with Crippen molar-refractivity contribution in [1.29, 1.82) is 0 Å². The lowest BCUT2D eigenvalue weighted by molar-refractivity contribution is -0.135. The van der Waals surface area contributed by atoms with E-state index in [1.165, 1.54) is 14.2 Å². The van der Waals surface area contributed by atoms with Crippen LogP contribution in [0.15, 0.2) is 53.6 Å². The Morgan fingerprint density at radius 2 is 1.76 bits per heavy atom. The van der Waals surface area contributed by atoms with E-state index in [0.29, 0.717) is 22.9 Å². The molecule has 0 bridgehead atoms. The first-order chi connectivity index (χ1) is 14.0. The second kappa shape index (κ2) is 9.09. The van der Waals surface area contributed by atoms with Crippen LogP contribution < -0.4 is 19.8 Å². The van der Waals surface area contributed by atoms with Crippen molar-refractivity contribution < 1.29 is 23.8 Å². The number of carbonyl (C=O) groups excluding carboxylic acids is 2. The van der Waals surface area contributed by atoms with Gasteiger partial charge in [-0.3, -0.25) is 9.80 Å². The molecule has 1 amide bonds. The summed E-state index contributed by atoms with van der Waals surface area (Å²) in [4.78, 5) is 25.2. The summed E-state index contributed by atoms with van der Waals surface area (Å²) in [5.74, 6) is 0.267. The van der Waals surface area contributed by atoms with Crippen molar-refractivity contribution in [2.24, 2.45) is 5.10 Å². The number of ether oxygens (including phenoxy) is 3. The number of carbonyl (C=O) groups is 2. The SMILES string of the molecule is CCOC(=O)C1=NN(c2ccccc2)C(C(=O)Nc2cc(OC)cc(OC)c2)C1. The molecule has 2 aromatic rings. The zero-order valence-electron chi connectivity index (χ0n) is 16.5. The molecule has 1 heterocycles. The number of anilines is 2. The Labute approximate surface area is 169 Å². The lowest BCUT2D eigenvalue weighted by Crippen LogP contribution is -2.38. The van der Waals surface area contributed by atoms with Gasteiger partial charge in [0.05, 0.1) is 26.5 Å². The van der Waals surface area contributed by atoms with Crippen LogP contribution in [0.25, 0.3) is 0 Å². The summed E-state index contributed by atoms with van der Waals surface area (Å²) < 4.78 is 15.5. The molecule has 0 spiro atoms. The van der Waals surface area contributed by atoms with E-state index >= 15 is 0 Å². The number of hydrogen-bond donors (Lipinski definition) is 1. The van der Waals surface area contributed by atoms with Gasteiger partial charge >= 0.3 is 5.97 Å². The fraction of sp³-hybridized carbons (Fsp3) is 0.286. The summed E-state index contributed by atoms with van der Waals surface area (Å²) in [6.45, 7) is 1.96. The molecule has 0 fully saturated rings. The number of nitrogens with zero attached hydrogens (tertiary/aromatic N) is 2. The third kappa shape index (κ3) is 4.66. The maximum atomic E-state index is 13.1. The van der Waals surface area contributed by atoms with Gasteiger partial charge in [0, 0.05) is 30.3 Å². The molecule has 1 N–H and O–H groups in total. The normalized spacial score (nSPS) is 15.5. The number of esters is 1. The maximum Gasteiger partial charge on any atom is 0.354 e. The minimum absolute atomic E-state index is 0.140. The molecular formula is C21H23N3O5. The minimum Gasteiger partial charge on any atom is -0.497 e. The molecular weight excluding hydrogens is 374 g/mol. The first-order valence-corrected chi connectivity index (χ1v) is 9.18. The van der Waals surface area contributed by atoms with Gasteiger partial charge in [-0.05, 0) is 19.1 Å². The number of rotatable bonds is 7. The van der Waals surface area contributed by atoms with E-state index in [-0.39, 0.29) is 24.6 Å². The highest BCUT2D eigenvalue weighted by Gasteiger charge is 2.37. The standard InChI is InChI=1S/C21H23N3O5/c1-4-29-21(26)18-13-19(24(23-18)15-8-6-5-7-9-15)20(25)22-14-10-16(27-2)12-17(11-14)28-3/h5-12,19H,4,13H2,1-3H3,(H,22,25). The van der Waals surface area contributed by atoms with E-state index in [0.717, 1.165) is 0 Å². The van der Waals surface area contributed by atoms with Crippen LogP contribution in [0.4, 0.5) is 11.4 Å². The summed E-state index contributed by atoms with van der Waals surface area (Å²) in [7, 11) is 3.07. The Morgan fingerprint density at radius 3 is 2.34 bits per heavy atom. The molecule has 0 saturated heterocycles. The van der Waals surface area contributed by atoms with E-state index < -0.39 is 12.0 Å². The van der Waals surface area contributed by atoms with Crippen LogP contribution in [0.2, 0.25) is 0 Å². The molecule has 152 valence electrons. The number of methoxy groups -OCH3 is 2. The highest BCUT2D eigenvalue weighted by Crippen LogP contribution is 2.28. The van der Waals surface area contributed by atoms with Gasteiger partial charge < -0.3 is 19.5 Å². The third-order valence-corrected chi connectivity index (χ3v) is 4.36. The average Bonchev–Trinajstić information content (AvgIpc) is 3.20. The number of benzene rings is 2. The predicted octanol–water partition coefficient (Wildman–Crippen LogP) is 2.84. The van der Waals surface area contributed by atoms with Gasteiger partial charge in [0.15, 0.2) is 0 Å². The largest absolute Gasteiger partial charge is 0.497 e. The molecule has 8 heteroatoms. The average molecular weight is 397 g/mol. The van der Waals surface area contributed by atoms with Crippen molar-refractivity contribution in [3.8, 4) is 11.5 Å². The van der Waals surface area contributed by atoms with E-state index in [1.807, 2.05) is 30.3 Å². The molecule has 1 atom stereocenters. The maximum absolute atomic E-state index is 13.1. The van der Waals surface area contributed by atoms with E-state index in [2.05, 4.69) is 10.4 Å². The van der Waals surface area contributed by atoms with Gasteiger partial charge in [-0.15, -0.1) is 0 Å². The van der Waals surface area contributed by atoms with Crippen LogP contribution in [0, 0.1) is 0 Å². The van der Waals surface area contributed by atoms with Crippen LogP contribution >= 0.6 is 0 Å². The number of amides is 1. The molecule has 1 unspecified atom stereocenters. The van der Waals surface area contributed by atoms with Gasteiger partial charge in [0.2, 0.25) is 5.91 Å². The zero-order chi connectivity index (χ0) is 20.8. The highest BCUT2D eigenvalue weighted by atomic mass is 16.5. The fourth-order valence-corrected chi connectivity index (χ4v) is 2.98. The predicted molar refractivity (Wildman–Crippen MR) is 110 cm³/mol. The summed E-state index contributed by atoms with van der Waals surface area (Å²) in [5.41, 5.74) is 1.43. The van der Waals surface area contributed by atoms with E-state index in [4.69, 9.17) is 14.2 Å². The second-order valence-electron chi connectivity index (χ2n) is 6.26. The Kier molecular flexibility index (Phi) is 6.33. The topological polar surface area (TPSA) is 89.5 Å². The smallest absolute Gasteiger partial charge is 0.354 e. The van der Waals surface area contributed by atoms with Gasteiger partial charge in [-0.25, -0.2) is 4.79 Å². The van der Waals surface area contributed by atoms with E-state index in [9.17, 15) is 9.59 Å². The highest BCUT2D eigenvalue weighted by molar-refractivity contribution is 6.38. The van der Waals surface area contributed by atoms with Gasteiger partial charge in [-0.2, -0.15) is 5.10 Å². The lowest BCUT2D eigenvalue weighted by Gasteiger charge is -2.23. The Balaban J connectivity index is 1.85. The van der Waals surface area contributed by atoms with Crippen LogP contribution in [0.3, 0.4) is 0 Å². The van der Waals surface area contributed by atoms with Crippen LogP contribution in [-0.4, -0.2) is 44.5 Å². The summed E-state index contributed by atoms with van der Waals surface area (Å²) in [5, 5.41) is 8.75. The van der Waals surface area contributed by atoms with Crippen molar-refractivity contribution in [1.82, 2.24) is 0 Å². The number of nitrogens with one attached hydrogen (secondary N) is 1.